The molecule has 3 aromatic rings. The van der Waals surface area contributed by atoms with Gasteiger partial charge in [0.05, 0.1) is 24.9 Å². The molecule has 2 aromatic heterocycles. The van der Waals surface area contributed by atoms with Gasteiger partial charge in [0.15, 0.2) is 0 Å². The number of hydrogen-bond donors (Lipinski definition) is 1. The van der Waals surface area contributed by atoms with E-state index in [9.17, 15) is 4.79 Å². The Hall–Kier alpha value is -2.74. The van der Waals surface area contributed by atoms with Gasteiger partial charge in [0, 0.05) is 62.5 Å². The first-order valence-corrected chi connectivity index (χ1v) is 13.0. The highest BCUT2D eigenvalue weighted by Gasteiger charge is 2.40. The first-order valence-electron chi connectivity index (χ1n) is 13.0. The number of nitrogens with one attached hydrogen (secondary N) is 1. The zero-order valence-corrected chi connectivity index (χ0v) is 20.5. The van der Waals surface area contributed by atoms with Gasteiger partial charge in [-0.3, -0.25) is 14.3 Å². The van der Waals surface area contributed by atoms with Gasteiger partial charge < -0.3 is 15.0 Å². The number of hydrogen-bond acceptors (Lipinski definition) is 6. The molecular weight excluding hydrogens is 438 g/mol. The highest BCUT2D eigenvalue weighted by Crippen LogP contribution is 2.42. The lowest BCUT2D eigenvalue weighted by Gasteiger charge is -2.43. The van der Waals surface area contributed by atoms with Crippen LogP contribution in [0.2, 0.25) is 0 Å². The maximum atomic E-state index is 12.7. The maximum Gasteiger partial charge on any atom is 0.253 e. The van der Waals surface area contributed by atoms with Crippen LogP contribution in [0.4, 0.5) is 5.69 Å². The molecule has 0 aliphatic carbocycles. The van der Waals surface area contributed by atoms with E-state index in [2.05, 4.69) is 51.3 Å². The van der Waals surface area contributed by atoms with Gasteiger partial charge in [-0.05, 0) is 54.5 Å². The van der Waals surface area contributed by atoms with Crippen LogP contribution >= 0.6 is 0 Å². The zero-order valence-electron chi connectivity index (χ0n) is 20.5. The number of morpholine rings is 1. The van der Waals surface area contributed by atoms with Crippen molar-refractivity contribution >= 4 is 16.7 Å². The van der Waals surface area contributed by atoms with Gasteiger partial charge in [-0.25, -0.2) is 4.98 Å². The van der Waals surface area contributed by atoms with Crippen LogP contribution in [-0.2, 0) is 18.3 Å². The molecule has 7 heteroatoms. The van der Waals surface area contributed by atoms with Crippen molar-refractivity contribution in [1.29, 1.82) is 0 Å². The number of benzene rings is 1. The summed E-state index contributed by atoms with van der Waals surface area (Å²) in [5.74, 6) is 0.617. The number of aromatic nitrogens is 2. The molecule has 0 saturated carbocycles. The molecular formula is C28H33N5O2. The molecule has 3 saturated heterocycles. The van der Waals surface area contributed by atoms with Crippen LogP contribution in [0.3, 0.4) is 0 Å². The molecule has 0 unspecified atom stereocenters. The fourth-order valence-electron chi connectivity index (χ4n) is 7.03. The summed E-state index contributed by atoms with van der Waals surface area (Å²) in [5.41, 5.74) is 6.19. The molecule has 0 spiro atoms. The third-order valence-corrected chi connectivity index (χ3v) is 8.75. The lowest BCUT2D eigenvalue weighted by molar-refractivity contribution is 0.0180. The lowest BCUT2D eigenvalue weighted by Crippen LogP contribution is -2.53. The summed E-state index contributed by atoms with van der Waals surface area (Å²) in [6.07, 6.45) is 4.09. The second kappa shape index (κ2) is 8.15. The van der Waals surface area contributed by atoms with E-state index in [1.165, 1.54) is 16.7 Å². The lowest BCUT2D eigenvalue weighted by atomic mass is 9.81. The van der Waals surface area contributed by atoms with E-state index in [-0.39, 0.29) is 5.56 Å². The Morgan fingerprint density at radius 3 is 2.74 bits per heavy atom. The molecule has 0 amide bonds. The highest BCUT2D eigenvalue weighted by molar-refractivity contribution is 5.89. The summed E-state index contributed by atoms with van der Waals surface area (Å²) >= 11 is 0. The van der Waals surface area contributed by atoms with E-state index in [0.717, 1.165) is 62.4 Å². The Kier molecular flexibility index (Phi) is 5.02. The van der Waals surface area contributed by atoms with E-state index in [4.69, 9.17) is 4.74 Å². The van der Waals surface area contributed by atoms with Crippen molar-refractivity contribution in [3.63, 3.8) is 0 Å². The van der Waals surface area contributed by atoms with Crippen molar-refractivity contribution < 1.29 is 4.74 Å². The van der Waals surface area contributed by atoms with Gasteiger partial charge in [-0.2, -0.15) is 0 Å². The summed E-state index contributed by atoms with van der Waals surface area (Å²) in [7, 11) is 1.80. The average molecular weight is 472 g/mol. The second-order valence-corrected chi connectivity index (χ2v) is 11.0. The molecule has 0 radical (unpaired) electrons. The predicted octanol–water partition coefficient (Wildman–Crippen LogP) is 2.93. The predicted molar refractivity (Wildman–Crippen MR) is 137 cm³/mol. The molecule has 4 aliphatic rings. The van der Waals surface area contributed by atoms with Gasteiger partial charge in [0.1, 0.15) is 5.65 Å². The molecule has 4 aliphatic heterocycles. The van der Waals surface area contributed by atoms with Crippen LogP contribution in [0.25, 0.3) is 11.0 Å². The summed E-state index contributed by atoms with van der Waals surface area (Å²) in [5, 5.41) is 4.77. The third-order valence-electron chi connectivity index (χ3n) is 8.75. The number of ether oxygens (including phenoxy) is 1. The van der Waals surface area contributed by atoms with E-state index in [1.807, 2.05) is 6.07 Å². The number of nitrogens with zero attached hydrogens (tertiary/aromatic N) is 4. The smallest absolute Gasteiger partial charge is 0.253 e. The van der Waals surface area contributed by atoms with Crippen molar-refractivity contribution in [2.24, 2.45) is 7.05 Å². The molecule has 1 aromatic carbocycles. The molecule has 7 rings (SSSR count). The summed E-state index contributed by atoms with van der Waals surface area (Å²) < 4.78 is 7.40. The minimum Gasteiger partial charge on any atom is -0.378 e. The zero-order chi connectivity index (χ0) is 23.7. The topological polar surface area (TPSA) is 62.6 Å². The summed E-state index contributed by atoms with van der Waals surface area (Å²) in [4.78, 5) is 22.3. The van der Waals surface area contributed by atoms with Crippen molar-refractivity contribution in [3.05, 3.63) is 69.6 Å². The molecule has 6 heterocycles. The second-order valence-electron chi connectivity index (χ2n) is 11.0. The third kappa shape index (κ3) is 3.51. The number of fused-ring (bicyclic) bond motifs is 6. The fourth-order valence-corrected chi connectivity index (χ4v) is 7.03. The Bertz CT molecular complexity index is 1340. The van der Waals surface area contributed by atoms with Crippen LogP contribution in [-0.4, -0.2) is 58.9 Å². The van der Waals surface area contributed by atoms with E-state index in [0.29, 0.717) is 30.1 Å². The summed E-state index contributed by atoms with van der Waals surface area (Å²) in [6.45, 7) is 6.82. The number of piperidine rings is 1. The number of pyridine rings is 2. The quantitative estimate of drug-likeness (QED) is 0.620. The minimum absolute atomic E-state index is 0.00474. The van der Waals surface area contributed by atoms with Crippen LogP contribution in [0.5, 0.6) is 0 Å². The van der Waals surface area contributed by atoms with Crippen molar-refractivity contribution in [1.82, 2.24) is 19.8 Å². The van der Waals surface area contributed by atoms with E-state index in [1.54, 1.807) is 23.9 Å². The van der Waals surface area contributed by atoms with Crippen molar-refractivity contribution in [2.45, 2.75) is 56.4 Å². The number of piperazine rings is 1. The Labute approximate surface area is 205 Å². The Morgan fingerprint density at radius 1 is 1.09 bits per heavy atom. The normalized spacial score (nSPS) is 30.3. The number of anilines is 1. The van der Waals surface area contributed by atoms with Gasteiger partial charge in [0.2, 0.25) is 0 Å². The largest absolute Gasteiger partial charge is 0.378 e. The highest BCUT2D eigenvalue weighted by atomic mass is 16.5. The van der Waals surface area contributed by atoms with Crippen LogP contribution < -0.4 is 15.8 Å². The average Bonchev–Trinajstić information content (AvgIpc) is 3.24. The van der Waals surface area contributed by atoms with Crippen LogP contribution in [0.15, 0.2) is 47.4 Å². The van der Waals surface area contributed by atoms with Crippen LogP contribution in [0, 0.1) is 0 Å². The monoisotopic (exact) mass is 471 g/mol. The molecule has 7 nitrogen and oxygen atoms in total. The standard InChI is InChI=1S/C28H33N5O2/c1-17-12-32(25-11-27(34)31(2)28-24(25)4-3-7-29-28)14-26-23-6-5-18(8-20(23)13-33(17)26)19-9-21-15-35-16-22(10-19)30-21/h3-8,11,17,19,21-22,26,30H,9-10,12-16H2,1-2H3/t17-,21-,22-,26-/m1/s1. The van der Waals surface area contributed by atoms with Crippen molar-refractivity contribution in [3.8, 4) is 0 Å². The van der Waals surface area contributed by atoms with E-state index < -0.39 is 0 Å². The molecule has 3 fully saturated rings. The first-order chi connectivity index (χ1) is 17.0. The molecule has 1 N–H and O–H groups in total. The van der Waals surface area contributed by atoms with Crippen molar-refractivity contribution in [2.75, 3.05) is 31.2 Å². The Morgan fingerprint density at radius 2 is 1.91 bits per heavy atom. The molecule has 2 bridgehead atoms. The van der Waals surface area contributed by atoms with E-state index >= 15 is 0 Å². The first kappa shape index (κ1) is 21.5. The molecule has 35 heavy (non-hydrogen) atoms. The van der Waals surface area contributed by atoms with Gasteiger partial charge in [-0.15, -0.1) is 0 Å². The SMILES string of the molecule is C[C@@H]1CN(c2cc(=O)n(C)c3ncccc23)C[C@@H]2c3ccc(C4C[C@@H]5COC[C@@H](C4)N5)cc3CN12. The fraction of sp³-hybridized carbons (Fsp3) is 0.500. The molecule has 182 valence electrons. The van der Waals surface area contributed by atoms with Gasteiger partial charge >= 0.3 is 0 Å². The number of aryl methyl sites for hydroxylation is 1. The van der Waals surface area contributed by atoms with Gasteiger partial charge in [0.25, 0.3) is 5.56 Å². The van der Waals surface area contributed by atoms with Gasteiger partial charge in [-0.1, -0.05) is 18.2 Å². The molecule has 4 atom stereocenters. The Balaban J connectivity index is 1.20. The minimum atomic E-state index is -0.00474. The van der Waals surface area contributed by atoms with Crippen LogP contribution in [0.1, 0.15) is 48.4 Å². The maximum absolute atomic E-state index is 12.7. The summed E-state index contributed by atoms with van der Waals surface area (Å²) in [6, 6.07) is 14.8. The number of rotatable bonds is 2.